The normalized spacial score (nSPS) is 23.9. The van der Waals surface area contributed by atoms with Gasteiger partial charge in [0.2, 0.25) is 5.91 Å². The Morgan fingerprint density at radius 3 is 2.89 bits per heavy atom. The molecule has 0 aromatic rings. The number of methoxy groups -OCH3 is 1. The molecule has 0 spiro atoms. The number of rotatable bonds is 7. The third-order valence-electron chi connectivity index (χ3n) is 3.69. The third-order valence-corrected chi connectivity index (χ3v) is 3.69. The summed E-state index contributed by atoms with van der Waals surface area (Å²) in [5.74, 6) is 0.793. The van der Waals surface area contributed by atoms with Gasteiger partial charge in [0, 0.05) is 32.8 Å². The minimum atomic E-state index is -0.179. The zero-order valence-electron chi connectivity index (χ0n) is 12.5. The first-order chi connectivity index (χ1) is 9.05. The highest BCUT2D eigenvalue weighted by Gasteiger charge is 2.19. The molecule has 1 amide bonds. The highest BCUT2D eigenvalue weighted by Crippen LogP contribution is 2.15. The van der Waals surface area contributed by atoms with E-state index in [-0.39, 0.29) is 18.1 Å². The van der Waals surface area contributed by atoms with Crippen LogP contribution in [-0.4, -0.2) is 56.2 Å². The Kier molecular flexibility index (Phi) is 7.34. The van der Waals surface area contributed by atoms with Crippen LogP contribution in [0.15, 0.2) is 0 Å². The number of hydrogen-bond acceptors (Lipinski definition) is 4. The quantitative estimate of drug-likeness (QED) is 0.711. The Balaban J connectivity index is 2.26. The molecule has 5 nitrogen and oxygen atoms in total. The van der Waals surface area contributed by atoms with Crippen molar-refractivity contribution in [3.05, 3.63) is 0 Å². The van der Waals surface area contributed by atoms with Gasteiger partial charge in [-0.05, 0) is 32.2 Å². The van der Waals surface area contributed by atoms with Gasteiger partial charge in [-0.15, -0.1) is 0 Å². The van der Waals surface area contributed by atoms with Gasteiger partial charge in [-0.1, -0.05) is 6.92 Å². The van der Waals surface area contributed by atoms with Crippen LogP contribution >= 0.6 is 0 Å². The highest BCUT2D eigenvalue weighted by atomic mass is 16.5. The van der Waals surface area contributed by atoms with Crippen LogP contribution < -0.4 is 11.1 Å². The number of ether oxygens (including phenoxy) is 1. The molecule has 0 bridgehead atoms. The molecule has 0 aromatic heterocycles. The summed E-state index contributed by atoms with van der Waals surface area (Å²) in [6.07, 6.45) is 2.75. The molecule has 1 saturated heterocycles. The number of nitrogens with two attached hydrogens (primary N) is 1. The molecule has 1 fully saturated rings. The minimum absolute atomic E-state index is 0.0230. The molecule has 3 unspecified atom stereocenters. The summed E-state index contributed by atoms with van der Waals surface area (Å²) in [7, 11) is 1.59. The molecule has 5 heteroatoms. The molecule has 1 rings (SSSR count). The smallest absolute Gasteiger partial charge is 0.222 e. The lowest BCUT2D eigenvalue weighted by molar-refractivity contribution is -0.124. The van der Waals surface area contributed by atoms with Crippen LogP contribution in [0, 0.1) is 5.92 Å². The van der Waals surface area contributed by atoms with Crippen molar-refractivity contribution >= 4 is 5.91 Å². The highest BCUT2D eigenvalue weighted by molar-refractivity contribution is 5.76. The summed E-state index contributed by atoms with van der Waals surface area (Å²) in [5.41, 5.74) is 5.51. The number of hydrogen-bond donors (Lipinski definition) is 2. The number of nitrogens with one attached hydrogen (secondary N) is 1. The van der Waals surface area contributed by atoms with Crippen LogP contribution in [0.2, 0.25) is 0 Å². The van der Waals surface area contributed by atoms with Gasteiger partial charge in [-0.3, -0.25) is 4.79 Å². The van der Waals surface area contributed by atoms with Gasteiger partial charge in [0.25, 0.3) is 0 Å². The maximum absolute atomic E-state index is 11.8. The number of likely N-dealkylation sites (tertiary alicyclic amines) is 1. The van der Waals surface area contributed by atoms with Crippen LogP contribution in [0.3, 0.4) is 0 Å². The molecule has 1 heterocycles. The van der Waals surface area contributed by atoms with Crippen molar-refractivity contribution in [3.8, 4) is 0 Å². The summed E-state index contributed by atoms with van der Waals surface area (Å²) in [6.45, 7) is 7.94. The first kappa shape index (κ1) is 16.4. The predicted octanol–water partition coefficient (Wildman–Crippen LogP) is 0.587. The number of carbonyl (C=O) groups is 1. The summed E-state index contributed by atoms with van der Waals surface area (Å²) in [6, 6.07) is 0.174. The van der Waals surface area contributed by atoms with Crippen molar-refractivity contribution < 1.29 is 9.53 Å². The average Bonchev–Trinajstić information content (AvgIpc) is 2.35. The lowest BCUT2D eigenvalue weighted by Crippen LogP contribution is -2.46. The monoisotopic (exact) mass is 271 g/mol. The maximum Gasteiger partial charge on any atom is 0.222 e. The second-order valence-corrected chi connectivity index (χ2v) is 5.77. The van der Waals surface area contributed by atoms with Gasteiger partial charge < -0.3 is 20.7 Å². The van der Waals surface area contributed by atoms with Crippen LogP contribution in [0.1, 0.15) is 33.1 Å². The van der Waals surface area contributed by atoms with Crippen molar-refractivity contribution in [2.24, 2.45) is 11.7 Å². The largest absolute Gasteiger partial charge is 0.380 e. The second-order valence-electron chi connectivity index (χ2n) is 5.77. The summed E-state index contributed by atoms with van der Waals surface area (Å²) >= 11 is 0. The fraction of sp³-hybridized carbons (Fsp3) is 0.929. The Morgan fingerprint density at radius 1 is 1.58 bits per heavy atom. The number of amides is 1. The van der Waals surface area contributed by atoms with Crippen molar-refractivity contribution in [1.29, 1.82) is 0 Å². The van der Waals surface area contributed by atoms with Crippen molar-refractivity contribution in [2.45, 2.75) is 45.3 Å². The number of piperidine rings is 1. The van der Waals surface area contributed by atoms with Gasteiger partial charge in [0.15, 0.2) is 0 Å². The summed E-state index contributed by atoms with van der Waals surface area (Å²) in [5, 5.41) is 3.02. The van der Waals surface area contributed by atoms with E-state index in [1.54, 1.807) is 7.11 Å². The SMILES string of the molecule is COC(CN)CC(=O)NC(C)CN1CCCC(C)C1. The minimum Gasteiger partial charge on any atom is -0.380 e. The Morgan fingerprint density at radius 2 is 2.32 bits per heavy atom. The van der Waals surface area contributed by atoms with E-state index in [0.717, 1.165) is 25.6 Å². The zero-order chi connectivity index (χ0) is 14.3. The second kappa shape index (κ2) is 8.51. The molecule has 0 aromatic carbocycles. The fourth-order valence-electron chi connectivity index (χ4n) is 2.69. The maximum atomic E-state index is 11.8. The van der Waals surface area contributed by atoms with E-state index in [1.165, 1.54) is 12.8 Å². The van der Waals surface area contributed by atoms with E-state index in [0.29, 0.717) is 13.0 Å². The molecular formula is C14H29N3O2. The molecule has 112 valence electrons. The standard InChI is InChI=1S/C14H29N3O2/c1-11-5-4-6-17(9-11)10-12(2)16-14(18)7-13(8-15)19-3/h11-13H,4-10,15H2,1-3H3,(H,16,18). The molecule has 3 N–H and O–H groups in total. The molecule has 0 radical (unpaired) electrons. The molecule has 1 aliphatic rings. The molecular weight excluding hydrogens is 242 g/mol. The van der Waals surface area contributed by atoms with E-state index in [9.17, 15) is 4.79 Å². The molecule has 0 aliphatic carbocycles. The van der Waals surface area contributed by atoms with E-state index in [4.69, 9.17) is 10.5 Å². The Labute approximate surface area is 116 Å². The van der Waals surface area contributed by atoms with E-state index < -0.39 is 0 Å². The van der Waals surface area contributed by atoms with E-state index in [2.05, 4.69) is 24.1 Å². The first-order valence-electron chi connectivity index (χ1n) is 7.29. The van der Waals surface area contributed by atoms with Gasteiger partial charge in [-0.25, -0.2) is 0 Å². The lowest BCUT2D eigenvalue weighted by atomic mass is 10.00. The lowest BCUT2D eigenvalue weighted by Gasteiger charge is -2.33. The topological polar surface area (TPSA) is 67.6 Å². The van der Waals surface area contributed by atoms with Crippen LogP contribution in [-0.2, 0) is 9.53 Å². The zero-order valence-corrected chi connectivity index (χ0v) is 12.5. The summed E-state index contributed by atoms with van der Waals surface area (Å²) < 4.78 is 5.12. The molecule has 1 aliphatic heterocycles. The van der Waals surface area contributed by atoms with Crippen LogP contribution in [0.4, 0.5) is 0 Å². The van der Waals surface area contributed by atoms with Crippen molar-refractivity contribution in [3.63, 3.8) is 0 Å². The Hall–Kier alpha value is -0.650. The number of carbonyl (C=O) groups excluding carboxylic acids is 1. The van der Waals surface area contributed by atoms with Crippen LogP contribution in [0.25, 0.3) is 0 Å². The average molecular weight is 271 g/mol. The van der Waals surface area contributed by atoms with Gasteiger partial charge >= 0.3 is 0 Å². The van der Waals surface area contributed by atoms with E-state index in [1.807, 2.05) is 0 Å². The van der Waals surface area contributed by atoms with Crippen molar-refractivity contribution in [1.82, 2.24) is 10.2 Å². The van der Waals surface area contributed by atoms with Gasteiger partial charge in [0.05, 0.1) is 12.5 Å². The van der Waals surface area contributed by atoms with Gasteiger partial charge in [-0.2, -0.15) is 0 Å². The molecule has 3 atom stereocenters. The first-order valence-corrected chi connectivity index (χ1v) is 7.29. The van der Waals surface area contributed by atoms with Gasteiger partial charge in [0.1, 0.15) is 0 Å². The van der Waals surface area contributed by atoms with E-state index >= 15 is 0 Å². The molecule has 0 saturated carbocycles. The summed E-state index contributed by atoms with van der Waals surface area (Å²) in [4.78, 5) is 14.3. The Bertz CT molecular complexity index is 269. The third kappa shape index (κ3) is 6.36. The van der Waals surface area contributed by atoms with Crippen molar-refractivity contribution in [2.75, 3.05) is 33.3 Å². The fourth-order valence-corrected chi connectivity index (χ4v) is 2.69. The predicted molar refractivity (Wildman–Crippen MR) is 76.9 cm³/mol. The number of nitrogens with zero attached hydrogens (tertiary/aromatic N) is 1. The van der Waals surface area contributed by atoms with Crippen LogP contribution in [0.5, 0.6) is 0 Å². The molecule has 19 heavy (non-hydrogen) atoms.